The minimum atomic E-state index is 0.260. The number of aryl methyl sites for hydroxylation is 1. The number of aromatic nitrogens is 4. The average Bonchev–Trinajstić information content (AvgIpc) is 3.00. The minimum absolute atomic E-state index is 0.260. The van der Waals surface area contributed by atoms with Crippen molar-refractivity contribution in [3.63, 3.8) is 0 Å². The SMILES string of the molecule is Cc1nnnn1-c1ccc(CC(=O)N2CCCC[C@@H]2CN2CCCCCC2)cc1. The first-order valence-corrected chi connectivity index (χ1v) is 11.1. The summed E-state index contributed by atoms with van der Waals surface area (Å²) in [5.41, 5.74) is 1.96. The molecule has 0 saturated carbocycles. The predicted octanol–water partition coefficient (Wildman–Crippen LogP) is 2.77. The zero-order valence-electron chi connectivity index (χ0n) is 17.5. The van der Waals surface area contributed by atoms with Crippen LogP contribution in [0.1, 0.15) is 56.3 Å². The van der Waals surface area contributed by atoms with E-state index in [1.807, 2.05) is 31.2 Å². The van der Waals surface area contributed by atoms with Crippen LogP contribution < -0.4 is 0 Å². The van der Waals surface area contributed by atoms with E-state index in [9.17, 15) is 4.79 Å². The van der Waals surface area contributed by atoms with Gasteiger partial charge < -0.3 is 9.80 Å². The number of carbonyl (C=O) groups is 1. The monoisotopic (exact) mass is 396 g/mol. The summed E-state index contributed by atoms with van der Waals surface area (Å²) in [6, 6.07) is 8.37. The van der Waals surface area contributed by atoms with Gasteiger partial charge in [0.15, 0.2) is 5.82 Å². The Hall–Kier alpha value is -2.28. The largest absolute Gasteiger partial charge is 0.338 e. The van der Waals surface area contributed by atoms with Gasteiger partial charge in [-0.05, 0) is 80.2 Å². The van der Waals surface area contributed by atoms with E-state index in [0.29, 0.717) is 12.5 Å². The van der Waals surface area contributed by atoms with Crippen molar-refractivity contribution in [3.8, 4) is 5.69 Å². The van der Waals surface area contributed by atoms with Crippen LogP contribution in [0.4, 0.5) is 0 Å². The standard InChI is InChI=1S/C22H32N6O/c1-18-23-24-25-28(18)20-11-9-19(10-12-20)16-22(29)27-15-7-4-8-21(27)17-26-13-5-2-3-6-14-26/h9-12,21H,2-8,13-17H2,1H3/t21-/m1/s1. The Balaban J connectivity index is 1.38. The molecular weight excluding hydrogens is 364 g/mol. The molecule has 0 unspecified atom stereocenters. The number of likely N-dealkylation sites (tertiary alicyclic amines) is 2. The maximum Gasteiger partial charge on any atom is 0.227 e. The van der Waals surface area contributed by atoms with Crippen LogP contribution >= 0.6 is 0 Å². The van der Waals surface area contributed by atoms with Crippen molar-refractivity contribution < 1.29 is 4.79 Å². The molecule has 1 aromatic carbocycles. The lowest BCUT2D eigenvalue weighted by Gasteiger charge is -2.38. The zero-order valence-corrected chi connectivity index (χ0v) is 17.5. The summed E-state index contributed by atoms with van der Waals surface area (Å²) in [7, 11) is 0. The number of hydrogen-bond acceptors (Lipinski definition) is 5. The van der Waals surface area contributed by atoms with Gasteiger partial charge >= 0.3 is 0 Å². The molecule has 2 aromatic rings. The Kier molecular flexibility index (Phi) is 6.54. The molecule has 7 nitrogen and oxygen atoms in total. The average molecular weight is 397 g/mol. The predicted molar refractivity (Wildman–Crippen MR) is 112 cm³/mol. The molecule has 0 N–H and O–H groups in total. The second-order valence-corrected chi connectivity index (χ2v) is 8.43. The molecule has 7 heteroatoms. The van der Waals surface area contributed by atoms with Gasteiger partial charge in [0.05, 0.1) is 12.1 Å². The lowest BCUT2D eigenvalue weighted by Crippen LogP contribution is -2.50. The second kappa shape index (κ2) is 9.48. The molecule has 2 aliphatic rings. The smallest absolute Gasteiger partial charge is 0.227 e. The van der Waals surface area contributed by atoms with Crippen molar-refractivity contribution >= 4 is 5.91 Å². The molecule has 2 aliphatic heterocycles. The van der Waals surface area contributed by atoms with E-state index in [-0.39, 0.29) is 5.91 Å². The van der Waals surface area contributed by atoms with Crippen molar-refractivity contribution in [2.24, 2.45) is 0 Å². The Morgan fingerprint density at radius 1 is 1.00 bits per heavy atom. The number of nitrogens with zero attached hydrogens (tertiary/aromatic N) is 6. The summed E-state index contributed by atoms with van der Waals surface area (Å²) < 4.78 is 1.70. The van der Waals surface area contributed by atoms with Gasteiger partial charge in [-0.25, -0.2) is 0 Å². The van der Waals surface area contributed by atoms with Gasteiger partial charge in [-0.2, -0.15) is 4.68 Å². The van der Waals surface area contributed by atoms with Crippen molar-refractivity contribution in [2.45, 2.75) is 64.3 Å². The van der Waals surface area contributed by atoms with Crippen molar-refractivity contribution in [3.05, 3.63) is 35.7 Å². The Morgan fingerprint density at radius 2 is 1.72 bits per heavy atom. The zero-order chi connectivity index (χ0) is 20.1. The highest BCUT2D eigenvalue weighted by Gasteiger charge is 2.28. The molecule has 0 bridgehead atoms. The molecule has 2 saturated heterocycles. The fourth-order valence-electron chi connectivity index (χ4n) is 4.64. The third kappa shape index (κ3) is 5.01. The molecule has 0 aliphatic carbocycles. The number of amides is 1. The highest BCUT2D eigenvalue weighted by molar-refractivity contribution is 5.79. The fraction of sp³-hybridized carbons (Fsp3) is 0.636. The lowest BCUT2D eigenvalue weighted by molar-refractivity contribution is -0.134. The summed E-state index contributed by atoms with van der Waals surface area (Å²) in [6.45, 7) is 6.20. The first-order chi connectivity index (χ1) is 14.2. The van der Waals surface area contributed by atoms with Crippen molar-refractivity contribution in [1.29, 1.82) is 0 Å². The summed E-state index contributed by atoms with van der Waals surface area (Å²) in [5, 5.41) is 11.6. The van der Waals surface area contributed by atoms with Gasteiger partial charge in [-0.3, -0.25) is 4.79 Å². The number of rotatable bonds is 5. The molecule has 1 atom stereocenters. The quantitative estimate of drug-likeness (QED) is 0.777. The molecule has 2 fully saturated rings. The minimum Gasteiger partial charge on any atom is -0.338 e. The number of benzene rings is 1. The Morgan fingerprint density at radius 3 is 2.41 bits per heavy atom. The van der Waals surface area contributed by atoms with Gasteiger partial charge in [0.25, 0.3) is 0 Å². The highest BCUT2D eigenvalue weighted by Crippen LogP contribution is 2.21. The number of carbonyl (C=O) groups excluding carboxylic acids is 1. The molecule has 4 rings (SSSR count). The van der Waals surface area contributed by atoms with Gasteiger partial charge in [-0.1, -0.05) is 25.0 Å². The van der Waals surface area contributed by atoms with E-state index in [1.165, 1.54) is 45.2 Å². The van der Waals surface area contributed by atoms with Crippen LogP contribution in [0.25, 0.3) is 5.69 Å². The molecule has 1 amide bonds. The van der Waals surface area contributed by atoms with Crippen LogP contribution in [0, 0.1) is 6.92 Å². The van der Waals surface area contributed by atoms with E-state index >= 15 is 0 Å². The fourth-order valence-corrected chi connectivity index (χ4v) is 4.64. The third-order valence-electron chi connectivity index (χ3n) is 6.28. The molecule has 29 heavy (non-hydrogen) atoms. The molecular formula is C22H32N6O. The number of tetrazole rings is 1. The van der Waals surface area contributed by atoms with Gasteiger partial charge in [0, 0.05) is 19.1 Å². The number of hydrogen-bond donors (Lipinski definition) is 0. The van der Waals surface area contributed by atoms with Crippen LogP contribution in [-0.4, -0.2) is 68.1 Å². The third-order valence-corrected chi connectivity index (χ3v) is 6.28. The van der Waals surface area contributed by atoms with Crippen LogP contribution in [0.2, 0.25) is 0 Å². The topological polar surface area (TPSA) is 67.2 Å². The van der Waals surface area contributed by atoms with Gasteiger partial charge in [0.1, 0.15) is 0 Å². The molecule has 1 aromatic heterocycles. The normalized spacial score (nSPS) is 21.1. The van der Waals surface area contributed by atoms with Crippen molar-refractivity contribution in [2.75, 3.05) is 26.2 Å². The maximum absolute atomic E-state index is 13.1. The number of piperidine rings is 1. The Bertz CT molecular complexity index is 794. The van der Waals surface area contributed by atoms with Crippen LogP contribution in [0.3, 0.4) is 0 Å². The molecule has 0 spiro atoms. The van der Waals surface area contributed by atoms with Crippen LogP contribution in [-0.2, 0) is 11.2 Å². The first-order valence-electron chi connectivity index (χ1n) is 11.1. The summed E-state index contributed by atoms with van der Waals surface area (Å²) in [4.78, 5) is 17.9. The van der Waals surface area contributed by atoms with E-state index in [2.05, 4.69) is 25.3 Å². The maximum atomic E-state index is 13.1. The van der Waals surface area contributed by atoms with E-state index in [0.717, 1.165) is 43.0 Å². The van der Waals surface area contributed by atoms with Gasteiger partial charge in [-0.15, -0.1) is 5.10 Å². The summed E-state index contributed by atoms with van der Waals surface area (Å²) >= 11 is 0. The Labute approximate surface area is 173 Å². The van der Waals surface area contributed by atoms with Gasteiger partial charge in [0.2, 0.25) is 5.91 Å². The summed E-state index contributed by atoms with van der Waals surface area (Å²) in [6.07, 6.45) is 9.27. The first kappa shape index (κ1) is 20.0. The van der Waals surface area contributed by atoms with Crippen LogP contribution in [0.15, 0.2) is 24.3 Å². The highest BCUT2D eigenvalue weighted by atomic mass is 16.2. The van der Waals surface area contributed by atoms with E-state index in [4.69, 9.17) is 0 Å². The van der Waals surface area contributed by atoms with Crippen molar-refractivity contribution in [1.82, 2.24) is 30.0 Å². The van der Waals surface area contributed by atoms with E-state index < -0.39 is 0 Å². The molecule has 0 radical (unpaired) electrons. The van der Waals surface area contributed by atoms with E-state index in [1.54, 1.807) is 4.68 Å². The second-order valence-electron chi connectivity index (χ2n) is 8.43. The lowest BCUT2D eigenvalue weighted by atomic mass is 10.00. The summed E-state index contributed by atoms with van der Waals surface area (Å²) in [5.74, 6) is 1.01. The van der Waals surface area contributed by atoms with Crippen LogP contribution in [0.5, 0.6) is 0 Å². The molecule has 156 valence electrons. The molecule has 3 heterocycles.